The third-order valence-corrected chi connectivity index (χ3v) is 4.64. The molecule has 0 spiro atoms. The SMILES string of the molecule is O=C(CCS(=O)(=O)c1ccccc1)Nc1ccc(F)c(F)c1. The largest absolute Gasteiger partial charge is 0.326 e. The van der Waals surface area contributed by atoms with Crippen LogP contribution in [0.3, 0.4) is 0 Å². The second-order valence-electron chi connectivity index (χ2n) is 4.56. The normalized spacial score (nSPS) is 11.2. The molecule has 1 amide bonds. The van der Waals surface area contributed by atoms with E-state index in [1.807, 2.05) is 0 Å². The molecule has 0 bridgehead atoms. The van der Waals surface area contributed by atoms with Gasteiger partial charge in [-0.05, 0) is 24.3 Å². The molecule has 0 aliphatic heterocycles. The van der Waals surface area contributed by atoms with Gasteiger partial charge in [-0.1, -0.05) is 18.2 Å². The fraction of sp³-hybridized carbons (Fsp3) is 0.133. The van der Waals surface area contributed by atoms with Crippen LogP contribution in [0.5, 0.6) is 0 Å². The van der Waals surface area contributed by atoms with Gasteiger partial charge in [-0.25, -0.2) is 17.2 Å². The Morgan fingerprint density at radius 2 is 1.68 bits per heavy atom. The number of benzene rings is 2. The molecule has 0 saturated heterocycles. The Balaban J connectivity index is 1.97. The van der Waals surface area contributed by atoms with E-state index >= 15 is 0 Å². The van der Waals surface area contributed by atoms with E-state index < -0.39 is 27.4 Å². The quantitative estimate of drug-likeness (QED) is 0.919. The van der Waals surface area contributed by atoms with Crippen molar-refractivity contribution in [2.75, 3.05) is 11.1 Å². The second kappa shape index (κ2) is 6.65. The molecule has 0 fully saturated rings. The molecule has 2 aromatic rings. The predicted molar refractivity (Wildman–Crippen MR) is 78.1 cm³/mol. The lowest BCUT2D eigenvalue weighted by Gasteiger charge is -2.06. The van der Waals surface area contributed by atoms with E-state index in [2.05, 4.69) is 5.32 Å². The van der Waals surface area contributed by atoms with Crippen LogP contribution >= 0.6 is 0 Å². The van der Waals surface area contributed by atoms with Gasteiger partial charge in [-0.15, -0.1) is 0 Å². The van der Waals surface area contributed by atoms with Crippen LogP contribution < -0.4 is 5.32 Å². The van der Waals surface area contributed by atoms with E-state index in [9.17, 15) is 22.0 Å². The van der Waals surface area contributed by atoms with Crippen molar-refractivity contribution in [3.63, 3.8) is 0 Å². The number of carbonyl (C=O) groups excluding carboxylic acids is 1. The molecule has 116 valence electrons. The van der Waals surface area contributed by atoms with E-state index in [4.69, 9.17) is 0 Å². The Kier molecular flexibility index (Phi) is 4.87. The van der Waals surface area contributed by atoms with Gasteiger partial charge in [0.25, 0.3) is 0 Å². The van der Waals surface area contributed by atoms with Gasteiger partial charge in [0.1, 0.15) is 0 Å². The molecule has 2 aromatic carbocycles. The van der Waals surface area contributed by atoms with Crippen LogP contribution in [0.15, 0.2) is 53.4 Å². The van der Waals surface area contributed by atoms with E-state index in [1.165, 1.54) is 18.2 Å². The minimum absolute atomic E-state index is 0.0704. The first-order valence-corrected chi connectivity index (χ1v) is 8.06. The molecule has 7 heteroatoms. The van der Waals surface area contributed by atoms with Gasteiger partial charge in [0.15, 0.2) is 21.5 Å². The Bertz CT molecular complexity index is 777. The minimum atomic E-state index is -3.56. The van der Waals surface area contributed by atoms with Crippen molar-refractivity contribution in [1.82, 2.24) is 0 Å². The highest BCUT2D eigenvalue weighted by molar-refractivity contribution is 7.91. The molecule has 0 radical (unpaired) electrons. The van der Waals surface area contributed by atoms with Gasteiger partial charge in [-0.2, -0.15) is 0 Å². The third kappa shape index (κ3) is 4.11. The summed E-state index contributed by atoms with van der Waals surface area (Å²) in [6.45, 7) is 0. The summed E-state index contributed by atoms with van der Waals surface area (Å²) in [6.07, 6.45) is -0.282. The topological polar surface area (TPSA) is 63.2 Å². The zero-order chi connectivity index (χ0) is 16.2. The molecule has 1 N–H and O–H groups in total. The summed E-state index contributed by atoms with van der Waals surface area (Å²) in [5.74, 6) is -3.07. The molecule has 0 unspecified atom stereocenters. The van der Waals surface area contributed by atoms with Gasteiger partial charge in [0.05, 0.1) is 10.6 Å². The van der Waals surface area contributed by atoms with Gasteiger partial charge < -0.3 is 5.32 Å². The molecule has 2 rings (SSSR count). The molecule has 0 aliphatic carbocycles. The molecule has 4 nitrogen and oxygen atoms in total. The lowest BCUT2D eigenvalue weighted by Crippen LogP contribution is -2.17. The van der Waals surface area contributed by atoms with Crippen molar-refractivity contribution in [2.24, 2.45) is 0 Å². The summed E-state index contributed by atoms with van der Waals surface area (Å²) >= 11 is 0. The maximum absolute atomic E-state index is 13.0. The maximum atomic E-state index is 13.0. The zero-order valence-electron chi connectivity index (χ0n) is 11.4. The van der Waals surface area contributed by atoms with Crippen LogP contribution in [-0.4, -0.2) is 20.1 Å². The van der Waals surface area contributed by atoms with Gasteiger partial charge in [0, 0.05) is 18.2 Å². The molecule has 22 heavy (non-hydrogen) atoms. The zero-order valence-corrected chi connectivity index (χ0v) is 12.2. The van der Waals surface area contributed by atoms with Crippen molar-refractivity contribution in [1.29, 1.82) is 0 Å². The first kappa shape index (κ1) is 16.1. The van der Waals surface area contributed by atoms with Gasteiger partial charge in [-0.3, -0.25) is 4.79 Å². The molecular formula is C15H13F2NO3S. The first-order valence-electron chi connectivity index (χ1n) is 6.41. The van der Waals surface area contributed by atoms with E-state index in [0.717, 1.165) is 12.1 Å². The van der Waals surface area contributed by atoms with Crippen molar-refractivity contribution >= 4 is 21.4 Å². The number of halogens is 2. The van der Waals surface area contributed by atoms with Gasteiger partial charge >= 0.3 is 0 Å². The Morgan fingerprint density at radius 3 is 2.32 bits per heavy atom. The van der Waals surface area contributed by atoms with E-state index in [0.29, 0.717) is 0 Å². The van der Waals surface area contributed by atoms with Crippen LogP contribution in [0.1, 0.15) is 6.42 Å². The molecule has 0 aliphatic rings. The summed E-state index contributed by atoms with van der Waals surface area (Å²) < 4.78 is 49.8. The smallest absolute Gasteiger partial charge is 0.225 e. The highest BCUT2D eigenvalue weighted by Gasteiger charge is 2.16. The summed E-state index contributed by atoms with van der Waals surface area (Å²) in [4.78, 5) is 11.8. The maximum Gasteiger partial charge on any atom is 0.225 e. The Labute approximate surface area is 126 Å². The molecule has 0 atom stereocenters. The highest BCUT2D eigenvalue weighted by Crippen LogP contribution is 2.14. The van der Waals surface area contributed by atoms with Crippen molar-refractivity contribution < 1.29 is 22.0 Å². The standard InChI is InChI=1S/C15H13F2NO3S/c16-13-7-6-11(10-14(13)17)18-15(19)8-9-22(20,21)12-4-2-1-3-5-12/h1-7,10H,8-9H2,(H,18,19). The van der Waals surface area contributed by atoms with Crippen LogP contribution in [-0.2, 0) is 14.6 Å². The number of hydrogen-bond donors (Lipinski definition) is 1. The van der Waals surface area contributed by atoms with E-state index in [1.54, 1.807) is 18.2 Å². The van der Waals surface area contributed by atoms with Crippen molar-refractivity contribution in [3.05, 3.63) is 60.2 Å². The third-order valence-electron chi connectivity index (χ3n) is 2.90. The average molecular weight is 325 g/mol. The Morgan fingerprint density at radius 1 is 1.00 bits per heavy atom. The summed E-state index contributed by atoms with van der Waals surface area (Å²) in [6, 6.07) is 10.7. The molecule has 0 aromatic heterocycles. The average Bonchev–Trinajstić information content (AvgIpc) is 2.50. The van der Waals surface area contributed by atoms with Gasteiger partial charge in [0.2, 0.25) is 5.91 Å². The summed E-state index contributed by atoms with van der Waals surface area (Å²) in [5, 5.41) is 2.32. The lowest BCUT2D eigenvalue weighted by molar-refractivity contribution is -0.115. The monoisotopic (exact) mass is 325 g/mol. The number of rotatable bonds is 5. The van der Waals surface area contributed by atoms with Crippen LogP contribution in [0, 0.1) is 11.6 Å². The first-order chi connectivity index (χ1) is 10.4. The van der Waals surface area contributed by atoms with Crippen molar-refractivity contribution in [2.45, 2.75) is 11.3 Å². The van der Waals surface area contributed by atoms with Crippen molar-refractivity contribution in [3.8, 4) is 0 Å². The van der Waals surface area contributed by atoms with Crippen LogP contribution in [0.4, 0.5) is 14.5 Å². The molecule has 0 heterocycles. The number of carbonyl (C=O) groups is 1. The van der Waals surface area contributed by atoms with E-state index in [-0.39, 0.29) is 22.8 Å². The fourth-order valence-electron chi connectivity index (χ4n) is 1.77. The number of amides is 1. The summed E-state index contributed by atoms with van der Waals surface area (Å²) in [5.41, 5.74) is 0.0704. The van der Waals surface area contributed by atoms with Crippen LogP contribution in [0.25, 0.3) is 0 Å². The predicted octanol–water partition coefficient (Wildman–Crippen LogP) is 2.77. The minimum Gasteiger partial charge on any atom is -0.326 e. The highest BCUT2D eigenvalue weighted by atomic mass is 32.2. The fourth-order valence-corrected chi connectivity index (χ4v) is 3.03. The second-order valence-corrected chi connectivity index (χ2v) is 6.67. The molecule has 0 saturated carbocycles. The Hall–Kier alpha value is -2.28. The number of anilines is 1. The summed E-state index contributed by atoms with van der Waals surface area (Å²) in [7, 11) is -3.56. The molecular weight excluding hydrogens is 312 g/mol. The number of nitrogens with one attached hydrogen (secondary N) is 1. The number of hydrogen-bond acceptors (Lipinski definition) is 3. The van der Waals surface area contributed by atoms with Crippen LogP contribution in [0.2, 0.25) is 0 Å². The number of sulfone groups is 1. The lowest BCUT2D eigenvalue weighted by atomic mass is 10.3.